The van der Waals surface area contributed by atoms with Crippen LogP contribution in [0.3, 0.4) is 0 Å². The standard InChI is InChI=1S/C22H24ClNO/c1-12-9-22(19-10-18(23)7-8-21(19)24-12)25-11-20-16(5)14(3)13(2)15(4)17(20)6/h7-10H,11H2,1-6H3. The maximum Gasteiger partial charge on any atom is 0.131 e. The fraction of sp³-hybridized carbons (Fsp3) is 0.318. The van der Waals surface area contributed by atoms with E-state index >= 15 is 0 Å². The summed E-state index contributed by atoms with van der Waals surface area (Å²) in [5.41, 5.74) is 9.81. The van der Waals surface area contributed by atoms with Crippen LogP contribution in [-0.4, -0.2) is 4.98 Å². The van der Waals surface area contributed by atoms with Crippen molar-refractivity contribution in [2.24, 2.45) is 0 Å². The van der Waals surface area contributed by atoms with Gasteiger partial charge in [-0.25, -0.2) is 0 Å². The molecule has 2 aromatic carbocycles. The number of rotatable bonds is 3. The van der Waals surface area contributed by atoms with Gasteiger partial charge < -0.3 is 4.74 Å². The number of ether oxygens (including phenoxy) is 1. The molecule has 0 spiro atoms. The number of aromatic nitrogens is 1. The van der Waals surface area contributed by atoms with Crippen molar-refractivity contribution in [1.82, 2.24) is 4.98 Å². The van der Waals surface area contributed by atoms with Crippen LogP contribution in [0.4, 0.5) is 0 Å². The van der Waals surface area contributed by atoms with Crippen molar-refractivity contribution in [3.8, 4) is 5.75 Å². The lowest BCUT2D eigenvalue weighted by atomic mass is 9.90. The lowest BCUT2D eigenvalue weighted by Gasteiger charge is -2.19. The van der Waals surface area contributed by atoms with E-state index in [1.54, 1.807) is 0 Å². The van der Waals surface area contributed by atoms with E-state index in [9.17, 15) is 0 Å². The highest BCUT2D eigenvalue weighted by Crippen LogP contribution is 2.31. The molecule has 2 nitrogen and oxygen atoms in total. The molecule has 0 aliphatic carbocycles. The summed E-state index contributed by atoms with van der Waals surface area (Å²) in [7, 11) is 0. The Bertz CT molecular complexity index is 947. The molecule has 0 bridgehead atoms. The van der Waals surface area contributed by atoms with Crippen LogP contribution < -0.4 is 4.74 Å². The fourth-order valence-corrected chi connectivity index (χ4v) is 3.53. The molecule has 130 valence electrons. The molecule has 0 N–H and O–H groups in total. The second-order valence-electron chi connectivity index (χ2n) is 6.82. The average Bonchev–Trinajstić information content (AvgIpc) is 2.58. The van der Waals surface area contributed by atoms with Gasteiger partial charge in [-0.05, 0) is 93.1 Å². The highest BCUT2D eigenvalue weighted by Gasteiger charge is 2.14. The van der Waals surface area contributed by atoms with Crippen molar-refractivity contribution in [3.63, 3.8) is 0 Å². The van der Waals surface area contributed by atoms with E-state index in [-0.39, 0.29) is 0 Å². The van der Waals surface area contributed by atoms with Gasteiger partial charge in [-0.15, -0.1) is 0 Å². The molecule has 3 rings (SSSR count). The van der Waals surface area contributed by atoms with Gasteiger partial charge in [-0.3, -0.25) is 4.98 Å². The monoisotopic (exact) mass is 353 g/mol. The minimum Gasteiger partial charge on any atom is -0.488 e. The van der Waals surface area contributed by atoms with Crippen molar-refractivity contribution >= 4 is 22.5 Å². The Morgan fingerprint density at radius 1 is 0.840 bits per heavy atom. The zero-order chi connectivity index (χ0) is 18.3. The Hall–Kier alpha value is -2.06. The first-order valence-corrected chi connectivity index (χ1v) is 8.93. The summed E-state index contributed by atoms with van der Waals surface area (Å²) in [6.07, 6.45) is 0. The van der Waals surface area contributed by atoms with Crippen LogP contribution in [0, 0.1) is 41.5 Å². The first kappa shape index (κ1) is 17.8. The SMILES string of the molecule is Cc1cc(OCc2c(C)c(C)c(C)c(C)c2C)c2cc(Cl)ccc2n1. The van der Waals surface area contributed by atoms with E-state index in [2.05, 4.69) is 39.6 Å². The van der Waals surface area contributed by atoms with Crippen LogP contribution in [-0.2, 0) is 6.61 Å². The quantitative estimate of drug-likeness (QED) is 0.549. The summed E-state index contributed by atoms with van der Waals surface area (Å²) in [4.78, 5) is 4.57. The summed E-state index contributed by atoms with van der Waals surface area (Å²) < 4.78 is 6.25. The molecule has 1 heterocycles. The van der Waals surface area contributed by atoms with Crippen LogP contribution in [0.15, 0.2) is 24.3 Å². The van der Waals surface area contributed by atoms with E-state index in [0.717, 1.165) is 22.3 Å². The van der Waals surface area contributed by atoms with Gasteiger partial charge in [-0.1, -0.05) is 11.6 Å². The summed E-state index contributed by atoms with van der Waals surface area (Å²) in [6, 6.07) is 7.70. The number of aryl methyl sites for hydroxylation is 1. The number of nitrogens with zero attached hydrogens (tertiary/aromatic N) is 1. The molecule has 0 atom stereocenters. The predicted octanol–water partition coefficient (Wildman–Crippen LogP) is 6.32. The van der Waals surface area contributed by atoms with Gasteiger partial charge in [-0.2, -0.15) is 0 Å². The molecule has 0 amide bonds. The summed E-state index contributed by atoms with van der Waals surface area (Å²) in [6.45, 7) is 13.5. The first-order chi connectivity index (χ1) is 11.8. The van der Waals surface area contributed by atoms with Crippen LogP contribution in [0.2, 0.25) is 5.02 Å². The Kier molecular flexibility index (Phi) is 4.75. The second kappa shape index (κ2) is 6.68. The van der Waals surface area contributed by atoms with Crippen molar-refractivity contribution in [2.75, 3.05) is 0 Å². The molecular weight excluding hydrogens is 330 g/mol. The molecule has 3 aromatic rings. The third-order valence-electron chi connectivity index (χ3n) is 5.39. The lowest BCUT2D eigenvalue weighted by molar-refractivity contribution is 0.307. The fourth-order valence-electron chi connectivity index (χ4n) is 3.36. The minimum absolute atomic E-state index is 0.546. The smallest absolute Gasteiger partial charge is 0.131 e. The number of halogens is 1. The third kappa shape index (κ3) is 3.23. The zero-order valence-electron chi connectivity index (χ0n) is 15.7. The number of pyridine rings is 1. The molecule has 0 unspecified atom stereocenters. The highest BCUT2D eigenvalue weighted by atomic mass is 35.5. The van der Waals surface area contributed by atoms with E-state index in [1.165, 1.54) is 33.4 Å². The van der Waals surface area contributed by atoms with E-state index in [1.807, 2.05) is 31.2 Å². The Balaban J connectivity index is 2.03. The lowest BCUT2D eigenvalue weighted by Crippen LogP contribution is -2.06. The summed E-state index contributed by atoms with van der Waals surface area (Å²) >= 11 is 6.17. The topological polar surface area (TPSA) is 22.1 Å². The molecule has 0 fully saturated rings. The molecule has 0 aliphatic rings. The molecule has 1 aromatic heterocycles. The Morgan fingerprint density at radius 3 is 2.08 bits per heavy atom. The van der Waals surface area contributed by atoms with Gasteiger partial charge in [0.25, 0.3) is 0 Å². The van der Waals surface area contributed by atoms with Crippen molar-refractivity contribution < 1.29 is 4.74 Å². The van der Waals surface area contributed by atoms with Crippen molar-refractivity contribution in [3.05, 3.63) is 68.4 Å². The van der Waals surface area contributed by atoms with Crippen molar-refractivity contribution in [1.29, 1.82) is 0 Å². The van der Waals surface area contributed by atoms with Crippen LogP contribution >= 0.6 is 11.6 Å². The second-order valence-corrected chi connectivity index (χ2v) is 7.25. The molecule has 0 radical (unpaired) electrons. The van der Waals surface area contributed by atoms with Crippen molar-refractivity contribution in [2.45, 2.75) is 48.1 Å². The molecule has 25 heavy (non-hydrogen) atoms. The predicted molar refractivity (Wildman–Crippen MR) is 106 cm³/mol. The van der Waals surface area contributed by atoms with Gasteiger partial charge in [0.2, 0.25) is 0 Å². The van der Waals surface area contributed by atoms with Crippen LogP contribution in [0.1, 0.15) is 39.1 Å². The Labute approximate surface area is 154 Å². The third-order valence-corrected chi connectivity index (χ3v) is 5.62. The average molecular weight is 354 g/mol. The van der Waals surface area contributed by atoms with Gasteiger partial charge in [0, 0.05) is 22.2 Å². The van der Waals surface area contributed by atoms with Gasteiger partial charge in [0.15, 0.2) is 0 Å². The zero-order valence-corrected chi connectivity index (χ0v) is 16.5. The minimum atomic E-state index is 0.546. The summed E-state index contributed by atoms with van der Waals surface area (Å²) in [5.74, 6) is 0.833. The highest BCUT2D eigenvalue weighted by molar-refractivity contribution is 6.31. The number of hydrogen-bond donors (Lipinski definition) is 0. The maximum absolute atomic E-state index is 6.25. The van der Waals surface area contributed by atoms with Gasteiger partial charge in [0.1, 0.15) is 12.4 Å². The number of hydrogen-bond acceptors (Lipinski definition) is 2. The van der Waals surface area contributed by atoms with Crippen LogP contribution in [0.25, 0.3) is 10.9 Å². The normalized spacial score (nSPS) is 11.2. The number of benzene rings is 2. The molecule has 3 heteroatoms. The summed E-state index contributed by atoms with van der Waals surface area (Å²) in [5, 5.41) is 1.64. The van der Waals surface area contributed by atoms with E-state index < -0.39 is 0 Å². The van der Waals surface area contributed by atoms with Crippen LogP contribution in [0.5, 0.6) is 5.75 Å². The maximum atomic E-state index is 6.25. The van der Waals surface area contributed by atoms with Gasteiger partial charge >= 0.3 is 0 Å². The molecule has 0 aliphatic heterocycles. The molecule has 0 saturated heterocycles. The van der Waals surface area contributed by atoms with E-state index in [0.29, 0.717) is 11.6 Å². The van der Waals surface area contributed by atoms with Gasteiger partial charge in [0.05, 0.1) is 5.52 Å². The largest absolute Gasteiger partial charge is 0.488 e. The number of fused-ring (bicyclic) bond motifs is 1. The van der Waals surface area contributed by atoms with E-state index in [4.69, 9.17) is 16.3 Å². The Morgan fingerprint density at radius 2 is 1.44 bits per heavy atom. The molecule has 0 saturated carbocycles. The molecular formula is C22H24ClNO. The first-order valence-electron chi connectivity index (χ1n) is 8.55.